The number of aryl methyl sites for hydroxylation is 1. The molecule has 2 heterocycles. The van der Waals surface area contributed by atoms with Gasteiger partial charge in [0.15, 0.2) is 16.6 Å². The average Bonchev–Trinajstić information content (AvgIpc) is 3.17. The predicted octanol–water partition coefficient (Wildman–Crippen LogP) is 3.52. The molecule has 3 aromatic rings. The van der Waals surface area contributed by atoms with Gasteiger partial charge >= 0.3 is 0 Å². The van der Waals surface area contributed by atoms with E-state index in [1.54, 1.807) is 7.11 Å². The van der Waals surface area contributed by atoms with Gasteiger partial charge in [-0.1, -0.05) is 23.5 Å². The molecule has 0 unspecified atom stereocenters. The summed E-state index contributed by atoms with van der Waals surface area (Å²) in [4.78, 5) is 16.7. The number of fused-ring (bicyclic) bond motifs is 2. The Kier molecular flexibility index (Phi) is 3.93. The minimum absolute atomic E-state index is 0.108. The van der Waals surface area contributed by atoms with Crippen molar-refractivity contribution in [2.24, 2.45) is 0 Å². The summed E-state index contributed by atoms with van der Waals surface area (Å²) in [6.07, 6.45) is 0.281. The van der Waals surface area contributed by atoms with Gasteiger partial charge in [-0.25, -0.2) is 4.98 Å². The molecule has 7 heteroatoms. The Balaban J connectivity index is 1.49. The second kappa shape index (κ2) is 6.25. The maximum absolute atomic E-state index is 12.3. The molecule has 2 aromatic carbocycles. The first-order valence-electron chi connectivity index (χ1n) is 7.76. The summed E-state index contributed by atoms with van der Waals surface area (Å²) in [5, 5.41) is 3.42. The van der Waals surface area contributed by atoms with E-state index in [1.807, 2.05) is 37.3 Å². The molecule has 128 valence electrons. The van der Waals surface area contributed by atoms with Crippen LogP contribution in [-0.2, 0) is 11.2 Å². The second-order valence-corrected chi connectivity index (χ2v) is 6.75. The van der Waals surface area contributed by atoms with E-state index >= 15 is 0 Å². The number of hydrogen-bond acceptors (Lipinski definition) is 6. The Bertz CT molecular complexity index is 926. The molecule has 1 aromatic heterocycles. The number of thiazole rings is 1. The Morgan fingerprint density at radius 2 is 2.08 bits per heavy atom. The third kappa shape index (κ3) is 3.10. The van der Waals surface area contributed by atoms with Gasteiger partial charge in [-0.05, 0) is 24.1 Å². The van der Waals surface area contributed by atoms with Crippen molar-refractivity contribution in [3.63, 3.8) is 0 Å². The van der Waals surface area contributed by atoms with Crippen molar-refractivity contribution in [1.29, 1.82) is 0 Å². The highest BCUT2D eigenvalue weighted by Gasteiger charge is 2.17. The van der Waals surface area contributed by atoms with Crippen molar-refractivity contribution in [2.75, 3.05) is 19.2 Å². The van der Waals surface area contributed by atoms with Gasteiger partial charge in [0.2, 0.25) is 12.7 Å². The molecule has 0 fully saturated rings. The van der Waals surface area contributed by atoms with Gasteiger partial charge in [0.1, 0.15) is 5.75 Å². The number of nitrogens with one attached hydrogen (secondary N) is 1. The van der Waals surface area contributed by atoms with Crippen molar-refractivity contribution in [1.82, 2.24) is 4.98 Å². The summed E-state index contributed by atoms with van der Waals surface area (Å²) < 4.78 is 16.9. The Morgan fingerprint density at radius 3 is 2.84 bits per heavy atom. The highest BCUT2D eigenvalue weighted by Crippen LogP contribution is 2.38. The number of ether oxygens (including phenoxy) is 3. The molecule has 25 heavy (non-hydrogen) atoms. The number of aromatic nitrogens is 1. The highest BCUT2D eigenvalue weighted by molar-refractivity contribution is 7.22. The lowest BCUT2D eigenvalue weighted by atomic mass is 10.1. The number of carbonyl (C=O) groups excluding carboxylic acids is 1. The molecule has 1 amide bonds. The molecule has 0 aliphatic carbocycles. The first-order chi connectivity index (χ1) is 12.1. The topological polar surface area (TPSA) is 69.7 Å². The zero-order valence-corrected chi connectivity index (χ0v) is 14.6. The van der Waals surface area contributed by atoms with Crippen LogP contribution in [0, 0.1) is 6.92 Å². The molecule has 4 rings (SSSR count). The Labute approximate surface area is 148 Å². The van der Waals surface area contributed by atoms with Gasteiger partial charge in [0, 0.05) is 12.1 Å². The van der Waals surface area contributed by atoms with Crippen molar-refractivity contribution in [3.05, 3.63) is 41.5 Å². The SMILES string of the molecule is COc1ccc(CC(=O)Nc2nc3cc4c(cc3s2)OCO4)cc1C. The second-order valence-electron chi connectivity index (χ2n) is 5.72. The van der Waals surface area contributed by atoms with E-state index in [2.05, 4.69) is 10.3 Å². The molecule has 1 aliphatic heterocycles. The zero-order valence-electron chi connectivity index (χ0n) is 13.8. The van der Waals surface area contributed by atoms with Crippen LogP contribution in [0.15, 0.2) is 30.3 Å². The summed E-state index contributed by atoms with van der Waals surface area (Å²) >= 11 is 1.41. The maximum Gasteiger partial charge on any atom is 0.231 e. The third-order valence-corrected chi connectivity index (χ3v) is 4.89. The summed E-state index contributed by atoms with van der Waals surface area (Å²) in [5.74, 6) is 2.10. The monoisotopic (exact) mass is 356 g/mol. The molecule has 1 aliphatic rings. The van der Waals surface area contributed by atoms with Crippen LogP contribution in [0.5, 0.6) is 17.2 Å². The normalized spacial score (nSPS) is 12.4. The van der Waals surface area contributed by atoms with Gasteiger partial charge in [-0.15, -0.1) is 0 Å². The number of anilines is 1. The predicted molar refractivity (Wildman–Crippen MR) is 95.8 cm³/mol. The number of amides is 1. The summed E-state index contributed by atoms with van der Waals surface area (Å²) in [5.41, 5.74) is 2.71. The smallest absolute Gasteiger partial charge is 0.231 e. The van der Waals surface area contributed by atoms with Crippen LogP contribution in [0.2, 0.25) is 0 Å². The van der Waals surface area contributed by atoms with E-state index in [0.29, 0.717) is 16.6 Å². The standard InChI is InChI=1S/C18H16N2O4S/c1-10-5-11(3-4-13(10)22-2)6-17(21)20-18-19-12-7-14-15(24-9-23-14)8-16(12)25-18/h3-5,7-8H,6,9H2,1-2H3,(H,19,20,21). The van der Waals surface area contributed by atoms with Crippen molar-refractivity contribution in [3.8, 4) is 17.2 Å². The number of nitrogens with zero attached hydrogens (tertiary/aromatic N) is 1. The van der Waals surface area contributed by atoms with Crippen LogP contribution in [0.1, 0.15) is 11.1 Å². The molecule has 0 radical (unpaired) electrons. The van der Waals surface area contributed by atoms with Gasteiger partial charge in [0.25, 0.3) is 0 Å². The molecule has 0 spiro atoms. The van der Waals surface area contributed by atoms with Gasteiger partial charge in [0.05, 0.1) is 23.7 Å². The van der Waals surface area contributed by atoms with E-state index in [1.165, 1.54) is 11.3 Å². The van der Waals surface area contributed by atoms with Crippen molar-refractivity contribution < 1.29 is 19.0 Å². The van der Waals surface area contributed by atoms with E-state index in [4.69, 9.17) is 14.2 Å². The number of benzene rings is 2. The van der Waals surface area contributed by atoms with Gasteiger partial charge < -0.3 is 19.5 Å². The molecule has 1 N–H and O–H groups in total. The largest absolute Gasteiger partial charge is 0.496 e. The minimum Gasteiger partial charge on any atom is -0.496 e. The third-order valence-electron chi connectivity index (χ3n) is 3.95. The molecule has 0 atom stereocenters. The van der Waals surface area contributed by atoms with E-state index in [-0.39, 0.29) is 19.1 Å². The number of carbonyl (C=O) groups is 1. The van der Waals surface area contributed by atoms with Gasteiger partial charge in [-0.3, -0.25) is 4.79 Å². The molecule has 0 saturated heterocycles. The van der Waals surface area contributed by atoms with Crippen LogP contribution < -0.4 is 19.5 Å². The lowest BCUT2D eigenvalue weighted by molar-refractivity contribution is -0.115. The Morgan fingerprint density at radius 1 is 1.28 bits per heavy atom. The van der Waals surface area contributed by atoms with Crippen LogP contribution >= 0.6 is 11.3 Å². The average molecular weight is 356 g/mol. The van der Waals surface area contributed by atoms with Crippen molar-refractivity contribution in [2.45, 2.75) is 13.3 Å². The first kappa shape index (κ1) is 15.7. The number of methoxy groups -OCH3 is 1. The summed E-state index contributed by atoms with van der Waals surface area (Å²) in [6.45, 7) is 2.19. The fraction of sp³-hybridized carbons (Fsp3) is 0.222. The van der Waals surface area contributed by atoms with E-state index < -0.39 is 0 Å². The van der Waals surface area contributed by atoms with Crippen LogP contribution in [0.25, 0.3) is 10.2 Å². The highest BCUT2D eigenvalue weighted by atomic mass is 32.1. The van der Waals surface area contributed by atoms with Crippen LogP contribution in [0.4, 0.5) is 5.13 Å². The lowest BCUT2D eigenvalue weighted by Gasteiger charge is -2.07. The molecule has 0 bridgehead atoms. The lowest BCUT2D eigenvalue weighted by Crippen LogP contribution is -2.14. The van der Waals surface area contributed by atoms with Gasteiger partial charge in [-0.2, -0.15) is 0 Å². The van der Waals surface area contributed by atoms with E-state index in [9.17, 15) is 4.79 Å². The minimum atomic E-state index is -0.108. The van der Waals surface area contributed by atoms with Crippen LogP contribution in [-0.4, -0.2) is 24.8 Å². The van der Waals surface area contributed by atoms with Crippen molar-refractivity contribution >= 4 is 32.6 Å². The molecular weight excluding hydrogens is 340 g/mol. The fourth-order valence-corrected chi connectivity index (χ4v) is 3.66. The molecule has 6 nitrogen and oxygen atoms in total. The summed E-state index contributed by atoms with van der Waals surface area (Å²) in [6, 6.07) is 9.44. The summed E-state index contributed by atoms with van der Waals surface area (Å²) in [7, 11) is 1.63. The van der Waals surface area contributed by atoms with E-state index in [0.717, 1.165) is 27.1 Å². The number of rotatable bonds is 4. The molecular formula is C18H16N2O4S. The fourth-order valence-electron chi connectivity index (χ4n) is 2.77. The maximum atomic E-state index is 12.3. The first-order valence-corrected chi connectivity index (χ1v) is 8.57. The number of hydrogen-bond donors (Lipinski definition) is 1. The zero-order chi connectivity index (χ0) is 17.4. The van der Waals surface area contributed by atoms with Crippen LogP contribution in [0.3, 0.4) is 0 Å². The Hall–Kier alpha value is -2.80. The quantitative estimate of drug-likeness (QED) is 0.774. The molecule has 0 saturated carbocycles.